The van der Waals surface area contributed by atoms with E-state index in [-0.39, 0.29) is 12.0 Å². The van der Waals surface area contributed by atoms with E-state index in [1.54, 1.807) is 12.1 Å². The summed E-state index contributed by atoms with van der Waals surface area (Å²) in [5.41, 5.74) is 6.89. The molecule has 2 rings (SSSR count). The molecule has 1 aliphatic heterocycles. The summed E-state index contributed by atoms with van der Waals surface area (Å²) < 4.78 is 10.3. The highest BCUT2D eigenvalue weighted by Gasteiger charge is 2.19. The molecule has 0 radical (unpaired) electrons. The maximum absolute atomic E-state index is 11.4. The fourth-order valence-corrected chi connectivity index (χ4v) is 1.81. The molecule has 92 valence electrons. The van der Waals surface area contributed by atoms with Crippen LogP contribution in [0.15, 0.2) is 18.2 Å². The van der Waals surface area contributed by atoms with Crippen molar-refractivity contribution in [3.63, 3.8) is 0 Å². The van der Waals surface area contributed by atoms with Gasteiger partial charge in [0.1, 0.15) is 12.4 Å². The number of methoxy groups -OCH3 is 1. The summed E-state index contributed by atoms with van der Waals surface area (Å²) in [6.45, 7) is 1.19. The van der Waals surface area contributed by atoms with Crippen molar-refractivity contribution < 1.29 is 14.3 Å². The minimum atomic E-state index is -0.361. The SMILES string of the molecule is COC(=O)c1ccc2c(c1)OCC(CCN)N2. The molecule has 0 fully saturated rings. The van der Waals surface area contributed by atoms with Crippen molar-refractivity contribution in [2.45, 2.75) is 12.5 Å². The summed E-state index contributed by atoms with van der Waals surface area (Å²) in [6.07, 6.45) is 0.859. The lowest BCUT2D eigenvalue weighted by molar-refractivity contribution is 0.0600. The van der Waals surface area contributed by atoms with E-state index in [0.717, 1.165) is 12.1 Å². The van der Waals surface area contributed by atoms with Gasteiger partial charge in [0.15, 0.2) is 0 Å². The summed E-state index contributed by atoms with van der Waals surface area (Å²) in [7, 11) is 1.36. The van der Waals surface area contributed by atoms with Crippen LogP contribution in [0.25, 0.3) is 0 Å². The lowest BCUT2D eigenvalue weighted by Crippen LogP contribution is -2.33. The van der Waals surface area contributed by atoms with Crippen LogP contribution in [0.1, 0.15) is 16.8 Å². The molecule has 1 aliphatic rings. The second-order valence-electron chi connectivity index (χ2n) is 3.93. The average Bonchev–Trinajstić information content (AvgIpc) is 2.37. The molecule has 1 heterocycles. The molecule has 1 aromatic carbocycles. The molecular weight excluding hydrogens is 220 g/mol. The third kappa shape index (κ3) is 2.50. The number of esters is 1. The number of hydrogen-bond acceptors (Lipinski definition) is 5. The number of nitrogens with one attached hydrogen (secondary N) is 1. The Morgan fingerprint density at radius 3 is 3.18 bits per heavy atom. The third-order valence-electron chi connectivity index (χ3n) is 2.72. The Hall–Kier alpha value is -1.75. The molecule has 0 aliphatic carbocycles. The average molecular weight is 236 g/mol. The minimum Gasteiger partial charge on any atom is -0.489 e. The predicted octanol–water partition coefficient (Wildman–Crippen LogP) is 0.995. The minimum absolute atomic E-state index is 0.233. The Morgan fingerprint density at radius 2 is 2.47 bits per heavy atom. The van der Waals surface area contributed by atoms with Crippen molar-refractivity contribution in [1.29, 1.82) is 0 Å². The normalized spacial score (nSPS) is 17.6. The first-order chi connectivity index (χ1) is 8.24. The molecule has 17 heavy (non-hydrogen) atoms. The first kappa shape index (κ1) is 11.7. The maximum Gasteiger partial charge on any atom is 0.337 e. The van der Waals surface area contributed by atoms with Crippen molar-refractivity contribution in [3.8, 4) is 5.75 Å². The van der Waals surface area contributed by atoms with E-state index in [2.05, 4.69) is 10.1 Å². The highest BCUT2D eigenvalue weighted by Crippen LogP contribution is 2.30. The second kappa shape index (κ2) is 5.05. The number of fused-ring (bicyclic) bond motifs is 1. The number of carbonyl (C=O) groups excluding carboxylic acids is 1. The number of hydrogen-bond donors (Lipinski definition) is 2. The maximum atomic E-state index is 11.4. The highest BCUT2D eigenvalue weighted by molar-refractivity contribution is 5.90. The van der Waals surface area contributed by atoms with Crippen molar-refractivity contribution in [3.05, 3.63) is 23.8 Å². The Balaban J connectivity index is 2.16. The highest BCUT2D eigenvalue weighted by atomic mass is 16.5. The summed E-state index contributed by atoms with van der Waals surface area (Å²) >= 11 is 0. The molecule has 1 aromatic rings. The number of carbonyl (C=O) groups is 1. The summed E-state index contributed by atoms with van der Waals surface area (Å²) in [6, 6.07) is 5.46. The smallest absolute Gasteiger partial charge is 0.337 e. The molecular formula is C12H16N2O3. The number of ether oxygens (including phenoxy) is 2. The summed E-state index contributed by atoms with van der Waals surface area (Å²) in [4.78, 5) is 11.4. The van der Waals surface area contributed by atoms with Gasteiger partial charge >= 0.3 is 5.97 Å². The van der Waals surface area contributed by atoms with Crippen LogP contribution in [0.3, 0.4) is 0 Å². The van der Waals surface area contributed by atoms with Crippen molar-refractivity contribution in [2.24, 2.45) is 5.73 Å². The zero-order chi connectivity index (χ0) is 12.3. The summed E-state index contributed by atoms with van der Waals surface area (Å²) in [5.74, 6) is 0.321. The van der Waals surface area contributed by atoms with Gasteiger partial charge in [0.05, 0.1) is 24.4 Å². The first-order valence-electron chi connectivity index (χ1n) is 5.56. The molecule has 3 N–H and O–H groups in total. The van der Waals surface area contributed by atoms with Crippen molar-refractivity contribution in [2.75, 3.05) is 25.6 Å². The molecule has 0 aromatic heterocycles. The molecule has 0 saturated carbocycles. The topological polar surface area (TPSA) is 73.6 Å². The fourth-order valence-electron chi connectivity index (χ4n) is 1.81. The van der Waals surface area contributed by atoms with Gasteiger partial charge in [0.25, 0.3) is 0 Å². The van der Waals surface area contributed by atoms with E-state index in [0.29, 0.717) is 24.5 Å². The number of nitrogens with two attached hydrogens (primary N) is 1. The van der Waals surface area contributed by atoms with Gasteiger partial charge in [-0.3, -0.25) is 0 Å². The Morgan fingerprint density at radius 1 is 1.65 bits per heavy atom. The van der Waals surface area contributed by atoms with E-state index in [9.17, 15) is 4.79 Å². The van der Waals surface area contributed by atoms with Gasteiger partial charge in [-0.1, -0.05) is 0 Å². The van der Waals surface area contributed by atoms with E-state index in [4.69, 9.17) is 10.5 Å². The molecule has 5 nitrogen and oxygen atoms in total. The monoisotopic (exact) mass is 236 g/mol. The Bertz CT molecular complexity index is 420. The van der Waals surface area contributed by atoms with Crippen LogP contribution in [0, 0.1) is 0 Å². The van der Waals surface area contributed by atoms with Crippen LogP contribution in [0.5, 0.6) is 5.75 Å². The van der Waals surface area contributed by atoms with Gasteiger partial charge in [-0.05, 0) is 31.2 Å². The zero-order valence-electron chi connectivity index (χ0n) is 9.73. The van der Waals surface area contributed by atoms with E-state index >= 15 is 0 Å². The van der Waals surface area contributed by atoms with Crippen molar-refractivity contribution >= 4 is 11.7 Å². The molecule has 0 bridgehead atoms. The van der Waals surface area contributed by atoms with Gasteiger partial charge in [-0.15, -0.1) is 0 Å². The molecule has 1 unspecified atom stereocenters. The van der Waals surface area contributed by atoms with Crippen molar-refractivity contribution in [1.82, 2.24) is 0 Å². The standard InChI is InChI=1S/C12H16N2O3/c1-16-12(15)8-2-3-10-11(6-8)17-7-9(14-10)4-5-13/h2-3,6,9,14H,4-5,7,13H2,1H3. The largest absolute Gasteiger partial charge is 0.489 e. The van der Waals surface area contributed by atoms with Crippen LogP contribution in [-0.2, 0) is 4.74 Å². The first-order valence-corrected chi connectivity index (χ1v) is 5.56. The van der Waals surface area contributed by atoms with Gasteiger partial charge in [-0.2, -0.15) is 0 Å². The van der Waals surface area contributed by atoms with E-state index in [1.165, 1.54) is 7.11 Å². The molecule has 0 saturated heterocycles. The van der Waals surface area contributed by atoms with Gasteiger partial charge in [-0.25, -0.2) is 4.79 Å². The molecule has 5 heteroatoms. The number of rotatable bonds is 3. The lowest BCUT2D eigenvalue weighted by atomic mass is 10.1. The lowest BCUT2D eigenvalue weighted by Gasteiger charge is -2.27. The van der Waals surface area contributed by atoms with E-state index in [1.807, 2.05) is 6.07 Å². The Labute approximate surface area is 99.9 Å². The van der Waals surface area contributed by atoms with Gasteiger partial charge in [0, 0.05) is 0 Å². The van der Waals surface area contributed by atoms with Crippen LogP contribution in [0.4, 0.5) is 5.69 Å². The quantitative estimate of drug-likeness (QED) is 0.766. The van der Waals surface area contributed by atoms with Gasteiger partial charge < -0.3 is 20.5 Å². The van der Waals surface area contributed by atoms with Crippen LogP contribution >= 0.6 is 0 Å². The van der Waals surface area contributed by atoms with Gasteiger partial charge in [0.2, 0.25) is 0 Å². The summed E-state index contributed by atoms with van der Waals surface area (Å²) in [5, 5.41) is 3.32. The number of anilines is 1. The molecule has 1 atom stereocenters. The third-order valence-corrected chi connectivity index (χ3v) is 2.72. The van der Waals surface area contributed by atoms with E-state index < -0.39 is 0 Å². The number of benzene rings is 1. The zero-order valence-corrected chi connectivity index (χ0v) is 9.73. The second-order valence-corrected chi connectivity index (χ2v) is 3.93. The van der Waals surface area contributed by atoms with Crippen LogP contribution < -0.4 is 15.8 Å². The fraction of sp³-hybridized carbons (Fsp3) is 0.417. The molecule has 0 spiro atoms. The van der Waals surface area contributed by atoms with Crippen LogP contribution in [-0.4, -0.2) is 32.3 Å². The predicted molar refractivity (Wildman–Crippen MR) is 64.4 cm³/mol. The Kier molecular flexibility index (Phi) is 3.49. The van der Waals surface area contributed by atoms with Crippen LogP contribution in [0.2, 0.25) is 0 Å². The molecule has 0 amide bonds.